The highest BCUT2D eigenvalue weighted by molar-refractivity contribution is 5.82. The molecule has 0 bridgehead atoms. The second kappa shape index (κ2) is 6.73. The molecule has 0 spiro atoms. The van der Waals surface area contributed by atoms with Crippen LogP contribution in [0.25, 0.3) is 0 Å². The molecule has 104 valence electrons. The van der Waals surface area contributed by atoms with Gasteiger partial charge < -0.3 is 15.4 Å². The largest absolute Gasteiger partial charge is 0.466 e. The van der Waals surface area contributed by atoms with E-state index in [1.54, 1.807) is 12.1 Å². The highest BCUT2D eigenvalue weighted by atomic mass is 16.5. The zero-order valence-corrected chi connectivity index (χ0v) is 11.3. The van der Waals surface area contributed by atoms with Gasteiger partial charge in [-0.25, -0.2) is 4.79 Å². The molecule has 1 fully saturated rings. The van der Waals surface area contributed by atoms with Gasteiger partial charge >= 0.3 is 5.97 Å². The third kappa shape index (κ3) is 3.59. The summed E-state index contributed by atoms with van der Waals surface area (Å²) >= 11 is 0. The van der Waals surface area contributed by atoms with Gasteiger partial charge in [0, 0.05) is 37.3 Å². The molecule has 2 N–H and O–H groups in total. The van der Waals surface area contributed by atoms with Crippen LogP contribution in [0.2, 0.25) is 0 Å². The molecule has 1 aliphatic rings. The summed E-state index contributed by atoms with van der Waals surface area (Å²) in [7, 11) is 1.37. The number of esters is 1. The minimum absolute atomic E-state index is 0.119. The van der Waals surface area contributed by atoms with Gasteiger partial charge in [-0.15, -0.1) is 0 Å². The van der Waals surface area contributed by atoms with Crippen LogP contribution in [0.3, 0.4) is 0 Å². The minimum atomic E-state index is -0.354. The molecule has 0 aromatic heterocycles. The maximum atomic E-state index is 11.3. The molecule has 1 saturated heterocycles. The van der Waals surface area contributed by atoms with Gasteiger partial charge in [0.05, 0.1) is 18.7 Å². The van der Waals surface area contributed by atoms with Crippen LogP contribution < -0.4 is 10.6 Å². The zero-order chi connectivity index (χ0) is 14.4. The first-order valence-electron chi connectivity index (χ1n) is 6.49. The van der Waals surface area contributed by atoms with E-state index in [2.05, 4.69) is 21.4 Å². The van der Waals surface area contributed by atoms with E-state index < -0.39 is 0 Å². The number of ether oxygens (including phenoxy) is 1. The van der Waals surface area contributed by atoms with E-state index in [-0.39, 0.29) is 12.0 Å². The fourth-order valence-corrected chi connectivity index (χ4v) is 2.17. The van der Waals surface area contributed by atoms with Crippen molar-refractivity contribution in [2.24, 2.45) is 0 Å². The van der Waals surface area contributed by atoms with Crippen molar-refractivity contribution in [1.82, 2.24) is 10.6 Å². The second-order valence-electron chi connectivity index (χ2n) is 4.56. The van der Waals surface area contributed by atoms with Crippen molar-refractivity contribution in [3.63, 3.8) is 0 Å². The number of carbonyl (C=O) groups excluding carboxylic acids is 1. The van der Waals surface area contributed by atoms with Gasteiger partial charge in [0.25, 0.3) is 0 Å². The summed E-state index contributed by atoms with van der Waals surface area (Å²) in [6.07, 6.45) is 2.17. The Morgan fingerprint density at radius 2 is 2.15 bits per heavy atom. The maximum Gasteiger partial charge on any atom is 0.332 e. The lowest BCUT2D eigenvalue weighted by Crippen LogP contribution is -2.23. The molecular formula is C15H17N3O2. The SMILES string of the molecule is COC(=O)/C=C1/CC(c2ccc(C#N)cc2)NCCN1. The molecule has 2 rings (SSSR count). The maximum absolute atomic E-state index is 11.3. The molecule has 20 heavy (non-hydrogen) atoms. The number of benzene rings is 1. The number of nitrogens with zero attached hydrogens (tertiary/aromatic N) is 1. The topological polar surface area (TPSA) is 74.2 Å². The summed E-state index contributed by atoms with van der Waals surface area (Å²) < 4.78 is 4.65. The molecule has 1 aromatic carbocycles. The molecule has 1 aliphatic heterocycles. The van der Waals surface area contributed by atoms with Crippen LogP contribution in [0.1, 0.15) is 23.6 Å². The number of rotatable bonds is 2. The standard InChI is InChI=1S/C15H17N3O2/c1-20-15(19)9-13-8-14(18-7-6-17-13)12-4-2-11(10-16)3-5-12/h2-5,9,14,17-18H,6-8H2,1H3/b13-9-. The molecule has 5 heteroatoms. The third-order valence-corrected chi connectivity index (χ3v) is 3.23. The van der Waals surface area contributed by atoms with Crippen LogP contribution in [0.15, 0.2) is 36.0 Å². The average Bonchev–Trinajstić information content (AvgIpc) is 2.73. The molecule has 0 aliphatic carbocycles. The fourth-order valence-electron chi connectivity index (χ4n) is 2.17. The smallest absolute Gasteiger partial charge is 0.332 e. The summed E-state index contributed by atoms with van der Waals surface area (Å²) in [4.78, 5) is 11.3. The van der Waals surface area contributed by atoms with E-state index >= 15 is 0 Å². The lowest BCUT2D eigenvalue weighted by molar-refractivity contribution is -0.134. The number of nitrogens with one attached hydrogen (secondary N) is 2. The Morgan fingerprint density at radius 3 is 2.80 bits per heavy atom. The highest BCUT2D eigenvalue weighted by Gasteiger charge is 2.17. The van der Waals surface area contributed by atoms with Gasteiger partial charge in [-0.05, 0) is 17.7 Å². The first kappa shape index (κ1) is 14.1. The quantitative estimate of drug-likeness (QED) is 0.625. The first-order chi connectivity index (χ1) is 9.72. The van der Waals surface area contributed by atoms with Crippen LogP contribution in [0.5, 0.6) is 0 Å². The van der Waals surface area contributed by atoms with E-state index in [4.69, 9.17) is 5.26 Å². The molecular weight excluding hydrogens is 254 g/mol. The normalized spacial score (nSPS) is 20.6. The van der Waals surface area contributed by atoms with Crippen molar-refractivity contribution < 1.29 is 9.53 Å². The second-order valence-corrected chi connectivity index (χ2v) is 4.56. The Hall–Kier alpha value is -2.32. The van der Waals surface area contributed by atoms with Gasteiger partial charge in [0.1, 0.15) is 0 Å². The predicted octanol–water partition coefficient (Wildman–Crippen LogP) is 1.24. The highest BCUT2D eigenvalue weighted by Crippen LogP contribution is 2.22. The van der Waals surface area contributed by atoms with Gasteiger partial charge in [-0.2, -0.15) is 5.26 Å². The van der Waals surface area contributed by atoms with Crippen LogP contribution in [0.4, 0.5) is 0 Å². The zero-order valence-electron chi connectivity index (χ0n) is 11.3. The van der Waals surface area contributed by atoms with Crippen LogP contribution >= 0.6 is 0 Å². The van der Waals surface area contributed by atoms with E-state index in [0.717, 1.165) is 24.4 Å². The number of carbonyl (C=O) groups is 1. The number of nitriles is 1. The van der Waals surface area contributed by atoms with Crippen molar-refractivity contribution in [1.29, 1.82) is 5.26 Å². The van der Waals surface area contributed by atoms with E-state index in [1.807, 2.05) is 12.1 Å². The van der Waals surface area contributed by atoms with Gasteiger partial charge in [-0.1, -0.05) is 12.1 Å². The molecule has 0 radical (unpaired) electrons. The van der Waals surface area contributed by atoms with Crippen molar-refractivity contribution in [3.05, 3.63) is 47.2 Å². The summed E-state index contributed by atoms with van der Waals surface area (Å²) in [6, 6.07) is 9.72. The molecule has 1 heterocycles. The van der Waals surface area contributed by atoms with Crippen molar-refractivity contribution in [3.8, 4) is 6.07 Å². The van der Waals surface area contributed by atoms with E-state index in [9.17, 15) is 4.79 Å². The Bertz CT molecular complexity index is 543. The van der Waals surface area contributed by atoms with Crippen LogP contribution in [-0.4, -0.2) is 26.2 Å². The Labute approximate surface area is 118 Å². The number of hydrogen-bond acceptors (Lipinski definition) is 5. The lowest BCUT2D eigenvalue weighted by Gasteiger charge is -2.16. The van der Waals surface area contributed by atoms with Crippen molar-refractivity contribution in [2.45, 2.75) is 12.5 Å². The Kier molecular flexibility index (Phi) is 4.75. The molecule has 5 nitrogen and oxygen atoms in total. The number of methoxy groups -OCH3 is 1. The van der Waals surface area contributed by atoms with Crippen molar-refractivity contribution in [2.75, 3.05) is 20.2 Å². The Morgan fingerprint density at radius 1 is 1.40 bits per heavy atom. The number of hydrogen-bond donors (Lipinski definition) is 2. The van der Waals surface area contributed by atoms with Crippen LogP contribution in [-0.2, 0) is 9.53 Å². The summed E-state index contributed by atoms with van der Waals surface area (Å²) in [5.74, 6) is -0.354. The third-order valence-electron chi connectivity index (χ3n) is 3.23. The monoisotopic (exact) mass is 271 g/mol. The lowest BCUT2D eigenvalue weighted by atomic mass is 10.0. The molecule has 1 atom stereocenters. The molecule has 1 aromatic rings. The van der Waals surface area contributed by atoms with E-state index in [1.165, 1.54) is 13.2 Å². The summed E-state index contributed by atoms with van der Waals surface area (Å²) in [5.41, 5.74) is 2.60. The fraction of sp³-hybridized carbons (Fsp3) is 0.333. The molecule has 0 amide bonds. The molecule has 1 unspecified atom stereocenters. The first-order valence-corrected chi connectivity index (χ1v) is 6.49. The van der Waals surface area contributed by atoms with Crippen LogP contribution in [0, 0.1) is 11.3 Å². The van der Waals surface area contributed by atoms with Gasteiger partial charge in [0.2, 0.25) is 0 Å². The summed E-state index contributed by atoms with van der Waals surface area (Å²) in [5, 5.41) is 15.4. The van der Waals surface area contributed by atoms with Gasteiger partial charge in [0.15, 0.2) is 0 Å². The van der Waals surface area contributed by atoms with Crippen molar-refractivity contribution >= 4 is 5.97 Å². The predicted molar refractivity (Wildman–Crippen MR) is 74.6 cm³/mol. The van der Waals surface area contributed by atoms with Gasteiger partial charge in [-0.3, -0.25) is 0 Å². The minimum Gasteiger partial charge on any atom is -0.466 e. The Balaban J connectivity index is 2.15. The summed E-state index contributed by atoms with van der Waals surface area (Å²) in [6.45, 7) is 1.57. The van der Waals surface area contributed by atoms with E-state index in [0.29, 0.717) is 12.0 Å². The molecule has 0 saturated carbocycles. The average molecular weight is 271 g/mol.